The largest absolute Gasteiger partial charge is 0.481 e. The summed E-state index contributed by atoms with van der Waals surface area (Å²) in [5.74, 6) is -1.90. The van der Waals surface area contributed by atoms with Gasteiger partial charge in [0.15, 0.2) is 11.6 Å². The number of Topliss-reactive ketones (excluding diaryl/α,β-unsaturated/α-hetero) is 2. The smallest absolute Gasteiger partial charge is 0.310 e. The third-order valence-electron chi connectivity index (χ3n) is 32.3. The third kappa shape index (κ3) is 11.1. The standard InChI is InChI=1S/C86H110Cl3FN4O12/c1-44(2)64-54(95)40-85(35-33-81(14)48(67(64)85)21-23-58-79(12)29-27-60(103-62(97)42-75(5,6)73(99)100)76(7,8)56(79)25-31-83(58,81)16)71-93-91-69(105-71)47-37-46(53(90)38-52(47)89)39-78(11,74(101)102)43-63(98)104-61-28-30-80(13)57(77(61,9)10)26-32-84(17)59(80)24-22-49-68-65(45(3)4)55(96)41-86(68,36-34-82(49,84)15)72-94-92-70(106-72)66-50(87)19-18-20-51(66)88/h18-20,37-38,44-45,48-49,56-61H,21-36,39-43H2,1-17H3,(H,99,100)(H,101,102)/t48-,49-,56?,57?,58-,59?,60+,61+,78?,79+,80+,81-,82-,83-,84-,85-,86-/m1/s1. The van der Waals surface area contributed by atoms with E-state index in [1.807, 2.05) is 0 Å². The summed E-state index contributed by atoms with van der Waals surface area (Å²) in [7, 11) is 0. The van der Waals surface area contributed by atoms with Crippen molar-refractivity contribution in [2.24, 2.45) is 101 Å². The minimum atomic E-state index is -1.82. The van der Waals surface area contributed by atoms with Crippen molar-refractivity contribution in [3.63, 3.8) is 0 Å². The highest BCUT2D eigenvalue weighted by Crippen LogP contribution is 2.79. The first-order valence-corrected chi connectivity index (χ1v) is 40.5. The topological polar surface area (TPSA) is 239 Å². The quantitative estimate of drug-likeness (QED) is 0.0991. The van der Waals surface area contributed by atoms with Crippen LogP contribution < -0.4 is 0 Å². The van der Waals surface area contributed by atoms with Gasteiger partial charge in [-0.25, -0.2) is 4.39 Å². The average Bonchev–Trinajstić information content (AvgIpc) is 1.17. The van der Waals surface area contributed by atoms with Crippen molar-refractivity contribution in [1.82, 2.24) is 20.4 Å². The van der Waals surface area contributed by atoms with Crippen molar-refractivity contribution in [2.75, 3.05) is 0 Å². The van der Waals surface area contributed by atoms with Crippen LogP contribution in [0, 0.1) is 107 Å². The SMILES string of the molecule is CC(C)C1=C2[C@H]3CCC4[C@@]5(C)CC[C@H](OC(=O)CC(C)(Cc6cc(-c7nnc([C@@]89CC[C@]%10(C)[C@H](CC[C@@H]%11[C@@]%12(C)CC[C@H](OC(=O)CC(C)(C)C(=O)O)C(C)(C)C%12CC[C@]%11%10C)C8=C(C(C)C)C(=O)C9)o7)c(Cl)cc6F)C(=O)O)C(C)(C)C5CC[C@@]4(C)[C@]3(C)CC[C@@]2(c2nnc(-c3c(Cl)cccc3Cl)o2)CC1=O. The van der Waals surface area contributed by atoms with Gasteiger partial charge in [0.2, 0.25) is 17.7 Å². The zero-order valence-electron chi connectivity index (χ0n) is 65.3. The molecule has 574 valence electrons. The van der Waals surface area contributed by atoms with Crippen LogP contribution in [0.5, 0.6) is 0 Å². The highest BCUT2D eigenvalue weighted by molar-refractivity contribution is 6.39. The molecule has 4 aromatic rings. The van der Waals surface area contributed by atoms with E-state index in [1.54, 1.807) is 32.0 Å². The highest BCUT2D eigenvalue weighted by Gasteiger charge is 2.74. The monoisotopic (exact) mass is 1510 g/mol. The van der Waals surface area contributed by atoms with Crippen molar-refractivity contribution in [3.8, 4) is 22.9 Å². The number of carboxylic acid groups (broad SMARTS) is 2. The fourth-order valence-corrected chi connectivity index (χ4v) is 27.3. The van der Waals surface area contributed by atoms with E-state index >= 15 is 4.39 Å². The molecule has 0 bridgehead atoms. The van der Waals surface area contributed by atoms with E-state index in [0.29, 0.717) is 64.9 Å². The molecule has 0 spiro atoms. The van der Waals surface area contributed by atoms with E-state index in [4.69, 9.17) is 63.3 Å². The van der Waals surface area contributed by atoms with Gasteiger partial charge in [0.05, 0.1) is 60.7 Å². The molecule has 2 aromatic carbocycles. The molecule has 10 aliphatic carbocycles. The number of benzene rings is 2. The van der Waals surface area contributed by atoms with Gasteiger partial charge in [0.1, 0.15) is 18.0 Å². The molecule has 8 fully saturated rings. The van der Waals surface area contributed by atoms with Gasteiger partial charge in [-0.1, -0.05) is 138 Å². The molecule has 20 heteroatoms. The maximum Gasteiger partial charge on any atom is 0.310 e. The molecule has 0 saturated heterocycles. The van der Waals surface area contributed by atoms with Gasteiger partial charge < -0.3 is 28.5 Å². The third-order valence-corrected chi connectivity index (χ3v) is 33.2. The number of carbonyl (C=O) groups is 6. The molecule has 0 amide bonds. The Morgan fingerprint density at radius 3 is 1.43 bits per heavy atom. The zero-order valence-corrected chi connectivity index (χ0v) is 67.6. The summed E-state index contributed by atoms with van der Waals surface area (Å²) in [5, 5.41) is 40.4. The van der Waals surface area contributed by atoms with Gasteiger partial charge in [0, 0.05) is 23.7 Å². The van der Waals surface area contributed by atoms with Crippen LogP contribution >= 0.6 is 34.8 Å². The second-order valence-corrected chi connectivity index (χ2v) is 40.4. The first-order valence-electron chi connectivity index (χ1n) is 39.4. The zero-order chi connectivity index (χ0) is 76.9. The number of allylic oxidation sites excluding steroid dienone is 4. The second kappa shape index (κ2) is 25.6. The van der Waals surface area contributed by atoms with Gasteiger partial charge in [-0.05, 0) is 262 Å². The summed E-state index contributed by atoms with van der Waals surface area (Å²) < 4.78 is 42.8. The number of carbonyl (C=O) groups excluding carboxylic acids is 4. The number of ether oxygens (including phenoxy) is 2. The maximum absolute atomic E-state index is 16.6. The molecule has 0 radical (unpaired) electrons. The minimum absolute atomic E-state index is 0.00170. The van der Waals surface area contributed by atoms with Crippen molar-refractivity contribution in [1.29, 1.82) is 0 Å². The number of esters is 2. The number of carboxylic acids is 2. The molecule has 16 nitrogen and oxygen atoms in total. The predicted octanol–water partition coefficient (Wildman–Crippen LogP) is 20.4. The summed E-state index contributed by atoms with van der Waals surface area (Å²) >= 11 is 20.3. The number of aliphatic carboxylic acids is 2. The van der Waals surface area contributed by atoms with Crippen molar-refractivity contribution < 1.29 is 61.7 Å². The first-order chi connectivity index (χ1) is 49.4. The van der Waals surface area contributed by atoms with Gasteiger partial charge in [-0.15, -0.1) is 20.4 Å². The molecule has 106 heavy (non-hydrogen) atoms. The lowest BCUT2D eigenvalue weighted by Crippen LogP contribution is -2.66. The molecule has 2 heterocycles. The van der Waals surface area contributed by atoms with E-state index in [1.165, 1.54) is 18.6 Å². The van der Waals surface area contributed by atoms with Gasteiger partial charge in [0.25, 0.3) is 5.89 Å². The number of ketones is 2. The van der Waals surface area contributed by atoms with Crippen LogP contribution in [0.3, 0.4) is 0 Å². The lowest BCUT2D eigenvalue weighted by Gasteiger charge is -2.72. The Balaban J connectivity index is 0.671. The second-order valence-electron chi connectivity index (χ2n) is 39.2. The number of hydrogen-bond donors (Lipinski definition) is 2. The molecule has 2 aromatic heterocycles. The summed E-state index contributed by atoms with van der Waals surface area (Å²) in [5.41, 5.74) is -1.73. The molecular weight excluding hydrogens is 1410 g/mol. The van der Waals surface area contributed by atoms with Crippen LogP contribution in [0.25, 0.3) is 22.9 Å². The van der Waals surface area contributed by atoms with Crippen LogP contribution in [0.4, 0.5) is 4.39 Å². The number of halogens is 4. The highest BCUT2D eigenvalue weighted by atomic mass is 35.5. The number of nitrogens with zero attached hydrogens (tertiary/aromatic N) is 4. The summed E-state index contributed by atoms with van der Waals surface area (Å²) in [4.78, 5) is 83.0. The van der Waals surface area contributed by atoms with E-state index in [2.05, 4.69) is 107 Å². The fourth-order valence-electron chi connectivity index (χ4n) is 26.6. The van der Waals surface area contributed by atoms with E-state index in [-0.39, 0.29) is 145 Å². The molecule has 8 saturated carbocycles. The molecule has 2 N–H and O–H groups in total. The Labute approximate surface area is 639 Å². The van der Waals surface area contributed by atoms with Crippen LogP contribution in [0.15, 0.2) is 61.5 Å². The summed E-state index contributed by atoms with van der Waals surface area (Å²) in [6.45, 7) is 36.7. The predicted molar refractivity (Wildman–Crippen MR) is 402 cm³/mol. The van der Waals surface area contributed by atoms with Crippen LogP contribution in [0.2, 0.25) is 15.1 Å². The lowest BCUT2D eigenvalue weighted by atomic mass is 9.33. The van der Waals surface area contributed by atoms with E-state index in [9.17, 15) is 39.0 Å². The van der Waals surface area contributed by atoms with Crippen LogP contribution in [-0.2, 0) is 55.5 Å². The van der Waals surface area contributed by atoms with E-state index < -0.39 is 69.3 Å². The number of fused-ring (bicyclic) bond motifs is 14. The summed E-state index contributed by atoms with van der Waals surface area (Å²) in [6, 6.07) is 7.85. The lowest BCUT2D eigenvalue weighted by molar-refractivity contribution is -0.232. The number of rotatable bonds is 16. The fraction of sp³-hybridized carbons (Fsp3) is 0.698. The van der Waals surface area contributed by atoms with Crippen LogP contribution in [-0.4, -0.2) is 78.3 Å². The van der Waals surface area contributed by atoms with Crippen molar-refractivity contribution in [2.45, 2.75) is 276 Å². The van der Waals surface area contributed by atoms with Crippen molar-refractivity contribution >= 4 is 70.2 Å². The average molecular weight is 1520 g/mol. The molecule has 0 aliphatic heterocycles. The number of hydrogen-bond acceptors (Lipinski definition) is 14. The molecule has 4 unspecified atom stereocenters. The minimum Gasteiger partial charge on any atom is -0.481 e. The van der Waals surface area contributed by atoms with Crippen molar-refractivity contribution in [3.05, 3.63) is 90.9 Å². The molecule has 17 atom stereocenters. The van der Waals surface area contributed by atoms with Crippen LogP contribution in [0.1, 0.15) is 263 Å². The molecule has 10 aliphatic rings. The van der Waals surface area contributed by atoms with E-state index in [0.717, 1.165) is 99.8 Å². The summed E-state index contributed by atoms with van der Waals surface area (Å²) in [6.07, 6.45) is 11.8. The Morgan fingerprint density at radius 2 is 0.991 bits per heavy atom. The van der Waals surface area contributed by atoms with Gasteiger partial charge in [-0.3, -0.25) is 28.8 Å². The first kappa shape index (κ1) is 77.0. The number of aromatic nitrogens is 4. The molecular formula is C86H110Cl3FN4O12. The Hall–Kier alpha value is -5.78. The maximum atomic E-state index is 16.6. The Bertz CT molecular complexity index is 4400. The Morgan fingerprint density at radius 1 is 0.547 bits per heavy atom. The normalized spacial score (nSPS) is 37.0. The van der Waals surface area contributed by atoms with Gasteiger partial charge in [-0.2, -0.15) is 0 Å². The Kier molecular flexibility index (Phi) is 18.6. The molecule has 14 rings (SSSR count). The van der Waals surface area contributed by atoms with Gasteiger partial charge >= 0.3 is 23.9 Å².